The van der Waals surface area contributed by atoms with Gasteiger partial charge in [-0.1, -0.05) is 18.2 Å². The van der Waals surface area contributed by atoms with Crippen molar-refractivity contribution >= 4 is 23.2 Å². The first-order valence-electron chi connectivity index (χ1n) is 8.73. The summed E-state index contributed by atoms with van der Waals surface area (Å²) in [6.45, 7) is 6.37. The summed E-state index contributed by atoms with van der Waals surface area (Å²) >= 11 is 1.43. The van der Waals surface area contributed by atoms with Crippen LogP contribution in [0, 0.1) is 13.8 Å². The van der Waals surface area contributed by atoms with Gasteiger partial charge in [0.15, 0.2) is 0 Å². The van der Waals surface area contributed by atoms with Gasteiger partial charge in [-0.15, -0.1) is 11.3 Å². The van der Waals surface area contributed by atoms with E-state index in [-0.39, 0.29) is 11.8 Å². The Labute approximate surface area is 157 Å². The predicted molar refractivity (Wildman–Crippen MR) is 101 cm³/mol. The van der Waals surface area contributed by atoms with Gasteiger partial charge in [0.25, 0.3) is 5.91 Å². The lowest BCUT2D eigenvalue weighted by Gasteiger charge is -2.34. The molecule has 2 amide bonds. The lowest BCUT2D eigenvalue weighted by Crippen LogP contribution is -2.50. The van der Waals surface area contributed by atoms with E-state index >= 15 is 0 Å². The largest absolute Gasteiger partial charge is 0.493 e. The number of hydrogen-bond acceptors (Lipinski definition) is 5. The number of carbonyl (C=O) groups is 2. The Morgan fingerprint density at radius 1 is 1.08 bits per heavy atom. The topological polar surface area (TPSA) is 62.7 Å². The standard InChI is InChI=1S/C19H23N3O3S/c1-14-18(26-15(2)20-14)19(24)22-11-9-21(10-12-22)17(23)8-13-25-16-6-4-3-5-7-16/h3-7H,8-13H2,1-2H3. The Morgan fingerprint density at radius 2 is 1.73 bits per heavy atom. The number of nitrogens with zero attached hydrogens (tertiary/aromatic N) is 3. The van der Waals surface area contributed by atoms with Gasteiger partial charge in [-0.3, -0.25) is 9.59 Å². The van der Waals surface area contributed by atoms with Crippen molar-refractivity contribution in [1.82, 2.24) is 14.8 Å². The molecule has 1 aromatic heterocycles. The molecule has 1 aliphatic rings. The SMILES string of the molecule is Cc1nc(C)c(C(=O)N2CCN(C(=O)CCOc3ccccc3)CC2)s1. The van der Waals surface area contributed by atoms with Crippen molar-refractivity contribution in [2.45, 2.75) is 20.3 Å². The van der Waals surface area contributed by atoms with Crippen molar-refractivity contribution in [3.63, 3.8) is 0 Å². The number of ether oxygens (including phenoxy) is 1. The lowest BCUT2D eigenvalue weighted by atomic mass is 10.2. The average Bonchev–Trinajstić information content (AvgIpc) is 3.00. The number of hydrogen-bond donors (Lipinski definition) is 0. The van der Waals surface area contributed by atoms with Crippen molar-refractivity contribution < 1.29 is 14.3 Å². The van der Waals surface area contributed by atoms with Crippen molar-refractivity contribution in [3.8, 4) is 5.75 Å². The molecule has 7 heteroatoms. The zero-order valence-electron chi connectivity index (χ0n) is 15.1. The molecule has 0 bridgehead atoms. The van der Waals surface area contributed by atoms with Gasteiger partial charge in [0, 0.05) is 26.2 Å². The van der Waals surface area contributed by atoms with E-state index in [0.29, 0.717) is 44.1 Å². The molecule has 0 atom stereocenters. The van der Waals surface area contributed by atoms with Crippen LogP contribution in [0.4, 0.5) is 0 Å². The molecule has 26 heavy (non-hydrogen) atoms. The molecule has 6 nitrogen and oxygen atoms in total. The highest BCUT2D eigenvalue weighted by Gasteiger charge is 2.26. The number of thiazole rings is 1. The number of aromatic nitrogens is 1. The molecule has 1 saturated heterocycles. The second-order valence-electron chi connectivity index (χ2n) is 6.23. The van der Waals surface area contributed by atoms with Crippen LogP contribution in [0.2, 0.25) is 0 Å². The van der Waals surface area contributed by atoms with Gasteiger partial charge in [-0.2, -0.15) is 0 Å². The molecule has 0 N–H and O–H groups in total. The zero-order chi connectivity index (χ0) is 18.5. The highest BCUT2D eigenvalue weighted by atomic mass is 32.1. The van der Waals surface area contributed by atoms with Gasteiger partial charge < -0.3 is 14.5 Å². The van der Waals surface area contributed by atoms with E-state index < -0.39 is 0 Å². The Hall–Kier alpha value is -2.41. The summed E-state index contributed by atoms with van der Waals surface area (Å²) in [5.41, 5.74) is 0.786. The average molecular weight is 373 g/mol. The molecule has 0 spiro atoms. The first-order chi connectivity index (χ1) is 12.5. The number of rotatable bonds is 5. The maximum atomic E-state index is 12.6. The number of carbonyl (C=O) groups excluding carboxylic acids is 2. The van der Waals surface area contributed by atoms with Gasteiger partial charge in [0.05, 0.1) is 23.7 Å². The molecule has 138 valence electrons. The summed E-state index contributed by atoms with van der Waals surface area (Å²) in [7, 11) is 0. The maximum absolute atomic E-state index is 12.6. The van der Waals surface area contributed by atoms with Crippen molar-refractivity contribution in [2.75, 3.05) is 32.8 Å². The minimum atomic E-state index is 0.0209. The monoisotopic (exact) mass is 373 g/mol. The highest BCUT2D eigenvalue weighted by Crippen LogP contribution is 2.20. The normalized spacial score (nSPS) is 14.4. The Kier molecular flexibility index (Phi) is 5.88. The summed E-state index contributed by atoms with van der Waals surface area (Å²) in [5, 5.41) is 0.901. The quantitative estimate of drug-likeness (QED) is 0.808. The molecule has 2 heterocycles. The van der Waals surface area contributed by atoms with Crippen LogP contribution in [0.1, 0.15) is 26.8 Å². The Balaban J connectivity index is 1.45. The molecule has 3 rings (SSSR count). The van der Waals surface area contributed by atoms with Crippen LogP contribution in [0.25, 0.3) is 0 Å². The van der Waals surface area contributed by atoms with Crippen LogP contribution in [-0.4, -0.2) is 59.4 Å². The molecule has 0 radical (unpaired) electrons. The highest BCUT2D eigenvalue weighted by molar-refractivity contribution is 7.13. The van der Waals surface area contributed by atoms with Crippen LogP contribution in [0.15, 0.2) is 30.3 Å². The zero-order valence-corrected chi connectivity index (χ0v) is 15.9. The van der Waals surface area contributed by atoms with Gasteiger partial charge >= 0.3 is 0 Å². The smallest absolute Gasteiger partial charge is 0.265 e. The molecular weight excluding hydrogens is 350 g/mol. The minimum Gasteiger partial charge on any atom is -0.493 e. The minimum absolute atomic E-state index is 0.0209. The van der Waals surface area contributed by atoms with Crippen molar-refractivity contribution in [2.24, 2.45) is 0 Å². The first kappa shape index (κ1) is 18.4. The second kappa shape index (κ2) is 8.31. The fraction of sp³-hybridized carbons (Fsp3) is 0.421. The van der Waals surface area contributed by atoms with Gasteiger partial charge in [-0.25, -0.2) is 4.98 Å². The maximum Gasteiger partial charge on any atom is 0.265 e. The van der Waals surface area contributed by atoms with Gasteiger partial charge in [0.1, 0.15) is 10.6 Å². The molecule has 0 saturated carbocycles. The van der Waals surface area contributed by atoms with Crippen molar-refractivity contribution in [3.05, 3.63) is 45.9 Å². The molecule has 2 aromatic rings. The fourth-order valence-corrected chi connectivity index (χ4v) is 3.85. The van der Waals surface area contributed by atoms with E-state index in [0.717, 1.165) is 16.5 Å². The number of piperazine rings is 1. The second-order valence-corrected chi connectivity index (χ2v) is 7.44. The molecule has 1 fully saturated rings. The summed E-state index contributed by atoms with van der Waals surface area (Å²) in [5.74, 6) is 0.858. The number of aryl methyl sites for hydroxylation is 2. The third-order valence-electron chi connectivity index (χ3n) is 4.35. The number of benzene rings is 1. The fourth-order valence-electron chi connectivity index (χ4n) is 2.96. The van der Waals surface area contributed by atoms with Crippen molar-refractivity contribution in [1.29, 1.82) is 0 Å². The van der Waals surface area contributed by atoms with Crippen LogP contribution in [0.3, 0.4) is 0 Å². The van der Waals surface area contributed by atoms with Crippen LogP contribution in [0.5, 0.6) is 5.75 Å². The van der Waals surface area contributed by atoms with E-state index in [9.17, 15) is 9.59 Å². The van der Waals surface area contributed by atoms with E-state index in [1.807, 2.05) is 54.0 Å². The van der Waals surface area contributed by atoms with Crippen LogP contribution in [-0.2, 0) is 4.79 Å². The van der Waals surface area contributed by atoms with E-state index in [1.165, 1.54) is 11.3 Å². The Bertz CT molecular complexity index is 768. The van der Waals surface area contributed by atoms with Crippen LogP contribution < -0.4 is 4.74 Å². The van der Waals surface area contributed by atoms with Gasteiger partial charge in [0.2, 0.25) is 5.91 Å². The lowest BCUT2D eigenvalue weighted by molar-refractivity contribution is -0.133. The summed E-state index contributed by atoms with van der Waals surface area (Å²) in [6, 6.07) is 9.48. The number of amides is 2. The molecule has 0 aliphatic carbocycles. The first-order valence-corrected chi connectivity index (χ1v) is 9.55. The van der Waals surface area contributed by atoms with E-state index in [2.05, 4.69) is 4.98 Å². The molecular formula is C19H23N3O3S. The Morgan fingerprint density at radius 3 is 2.35 bits per heavy atom. The third-order valence-corrected chi connectivity index (χ3v) is 5.41. The summed E-state index contributed by atoms with van der Waals surface area (Å²) < 4.78 is 5.58. The third kappa shape index (κ3) is 4.40. The molecule has 0 unspecified atom stereocenters. The van der Waals surface area contributed by atoms with E-state index in [1.54, 1.807) is 0 Å². The summed E-state index contributed by atoms with van der Waals surface area (Å²) in [4.78, 5) is 33.6. The summed E-state index contributed by atoms with van der Waals surface area (Å²) in [6.07, 6.45) is 0.343. The van der Waals surface area contributed by atoms with Crippen LogP contribution >= 0.6 is 11.3 Å². The number of para-hydroxylation sites is 1. The molecule has 1 aliphatic heterocycles. The van der Waals surface area contributed by atoms with Gasteiger partial charge in [-0.05, 0) is 26.0 Å². The van der Waals surface area contributed by atoms with E-state index in [4.69, 9.17) is 4.74 Å². The predicted octanol–water partition coefficient (Wildman–Crippen LogP) is 2.51. The molecule has 1 aromatic carbocycles.